The lowest BCUT2D eigenvalue weighted by molar-refractivity contribution is 1.13. The van der Waals surface area contributed by atoms with E-state index in [0.29, 0.717) is 16.0 Å². The summed E-state index contributed by atoms with van der Waals surface area (Å²) in [6.07, 6.45) is 5.16. The molecule has 0 unspecified atom stereocenters. The van der Waals surface area contributed by atoms with Crippen molar-refractivity contribution in [1.29, 1.82) is 0 Å². The Labute approximate surface area is 132 Å². The Morgan fingerprint density at radius 2 is 1.65 bits per heavy atom. The molecule has 0 aliphatic rings. The van der Waals surface area contributed by atoms with Crippen LogP contribution in [-0.2, 0) is 0 Å². The number of hydrogen-bond acceptors (Lipinski definition) is 4. The number of halogens is 2. The molecule has 0 amide bonds. The first kappa shape index (κ1) is 13.3. The Kier molecular flexibility index (Phi) is 3.84. The highest BCUT2D eigenvalue weighted by Gasteiger charge is 2.10. The number of nitrogens with zero attached hydrogens (tertiary/aromatic N) is 4. The molecule has 3 aromatic rings. The molecule has 3 heterocycles. The highest BCUT2D eigenvalue weighted by molar-refractivity contribution is 9.10. The van der Waals surface area contributed by atoms with Crippen molar-refractivity contribution >= 4 is 31.9 Å². The molecule has 98 valence electrons. The molecule has 0 radical (unpaired) electrons. The molecule has 0 saturated carbocycles. The quantitative estimate of drug-likeness (QED) is 0.659. The second-order valence-electron chi connectivity index (χ2n) is 3.97. The minimum atomic E-state index is 0.651. The molecule has 0 bridgehead atoms. The molecular weight excluding hydrogens is 384 g/mol. The lowest BCUT2D eigenvalue weighted by Crippen LogP contribution is -1.94. The van der Waals surface area contributed by atoms with Crippen LogP contribution in [0.4, 0.5) is 0 Å². The fourth-order valence-electron chi connectivity index (χ4n) is 1.69. The molecule has 20 heavy (non-hydrogen) atoms. The molecule has 0 fully saturated rings. The summed E-state index contributed by atoms with van der Waals surface area (Å²) < 4.78 is 1.58. The monoisotopic (exact) mass is 390 g/mol. The van der Waals surface area contributed by atoms with Gasteiger partial charge in [-0.2, -0.15) is 0 Å². The van der Waals surface area contributed by atoms with Crippen molar-refractivity contribution in [1.82, 2.24) is 19.9 Å². The van der Waals surface area contributed by atoms with Crippen LogP contribution in [0.5, 0.6) is 0 Å². The van der Waals surface area contributed by atoms with Gasteiger partial charge in [-0.1, -0.05) is 6.07 Å². The van der Waals surface area contributed by atoms with Gasteiger partial charge in [-0.15, -0.1) is 0 Å². The molecule has 6 heteroatoms. The number of rotatable bonds is 2. The fraction of sp³-hybridized carbons (Fsp3) is 0. The summed E-state index contributed by atoms with van der Waals surface area (Å²) in [5, 5.41) is 0. The van der Waals surface area contributed by atoms with Crippen molar-refractivity contribution < 1.29 is 0 Å². The summed E-state index contributed by atoms with van der Waals surface area (Å²) in [6, 6.07) is 9.49. The van der Waals surface area contributed by atoms with E-state index < -0.39 is 0 Å². The normalized spacial score (nSPS) is 10.5. The molecular formula is C14H8Br2N4. The van der Waals surface area contributed by atoms with Gasteiger partial charge in [0, 0.05) is 16.9 Å². The van der Waals surface area contributed by atoms with Gasteiger partial charge in [-0.25, -0.2) is 9.97 Å². The van der Waals surface area contributed by atoms with Crippen LogP contribution < -0.4 is 0 Å². The first-order valence-electron chi connectivity index (χ1n) is 5.80. The van der Waals surface area contributed by atoms with Crippen LogP contribution in [0.3, 0.4) is 0 Å². The fourth-order valence-corrected chi connectivity index (χ4v) is 2.42. The largest absolute Gasteiger partial charge is 0.255 e. The highest BCUT2D eigenvalue weighted by atomic mass is 79.9. The third kappa shape index (κ3) is 2.76. The second-order valence-corrected chi connectivity index (χ2v) is 5.64. The van der Waals surface area contributed by atoms with Crippen LogP contribution >= 0.6 is 31.9 Å². The Hall–Kier alpha value is -1.66. The van der Waals surface area contributed by atoms with E-state index in [0.717, 1.165) is 15.9 Å². The Morgan fingerprint density at radius 3 is 2.30 bits per heavy atom. The topological polar surface area (TPSA) is 51.6 Å². The smallest absolute Gasteiger partial charge is 0.134 e. The summed E-state index contributed by atoms with van der Waals surface area (Å²) in [5.41, 5.74) is 2.98. The van der Waals surface area contributed by atoms with Gasteiger partial charge in [0.25, 0.3) is 0 Å². The Balaban J connectivity index is 2.01. The third-order valence-electron chi connectivity index (χ3n) is 2.63. The van der Waals surface area contributed by atoms with E-state index in [2.05, 4.69) is 51.8 Å². The van der Waals surface area contributed by atoms with Crippen LogP contribution in [0.1, 0.15) is 0 Å². The van der Waals surface area contributed by atoms with E-state index in [4.69, 9.17) is 0 Å². The molecule has 0 aromatic carbocycles. The van der Waals surface area contributed by atoms with Gasteiger partial charge in [0.2, 0.25) is 0 Å². The second kappa shape index (κ2) is 5.76. The minimum Gasteiger partial charge on any atom is -0.255 e. The van der Waals surface area contributed by atoms with Crippen LogP contribution in [0.2, 0.25) is 0 Å². The lowest BCUT2D eigenvalue weighted by Gasteiger charge is -2.05. The van der Waals surface area contributed by atoms with Crippen molar-refractivity contribution in [2.24, 2.45) is 0 Å². The molecule has 0 aliphatic heterocycles. The van der Waals surface area contributed by atoms with E-state index in [9.17, 15) is 0 Å². The van der Waals surface area contributed by atoms with Crippen molar-refractivity contribution in [3.8, 4) is 22.8 Å². The number of aromatic nitrogens is 4. The first-order valence-corrected chi connectivity index (χ1v) is 7.38. The van der Waals surface area contributed by atoms with Gasteiger partial charge < -0.3 is 0 Å². The zero-order valence-corrected chi connectivity index (χ0v) is 13.3. The van der Waals surface area contributed by atoms with E-state index in [1.807, 2.05) is 30.3 Å². The maximum Gasteiger partial charge on any atom is 0.134 e. The predicted molar refractivity (Wildman–Crippen MR) is 83.9 cm³/mol. The highest BCUT2D eigenvalue weighted by Crippen LogP contribution is 2.25. The van der Waals surface area contributed by atoms with Crippen LogP contribution in [0.25, 0.3) is 22.8 Å². The number of pyridine rings is 2. The Bertz CT molecular complexity index is 730. The third-order valence-corrected chi connectivity index (χ3v) is 3.65. The summed E-state index contributed by atoms with van der Waals surface area (Å²) in [6.45, 7) is 0. The van der Waals surface area contributed by atoms with Crippen molar-refractivity contribution in [2.45, 2.75) is 0 Å². The van der Waals surface area contributed by atoms with Crippen LogP contribution in [-0.4, -0.2) is 19.9 Å². The van der Waals surface area contributed by atoms with Crippen molar-refractivity contribution in [3.05, 3.63) is 58.0 Å². The molecule has 0 aliphatic carbocycles. The number of hydrogen-bond donors (Lipinski definition) is 0. The van der Waals surface area contributed by atoms with Crippen LogP contribution in [0.15, 0.2) is 58.0 Å². The summed E-state index contributed by atoms with van der Waals surface area (Å²) in [4.78, 5) is 17.5. The molecule has 3 aromatic heterocycles. The average molecular weight is 392 g/mol. The maximum atomic E-state index is 4.49. The van der Waals surface area contributed by atoms with E-state index in [1.165, 1.54) is 0 Å². The van der Waals surface area contributed by atoms with Gasteiger partial charge in [0.15, 0.2) is 0 Å². The standard InChI is InChI=1S/C14H8Br2N4/c15-9-4-5-10(18-7-9)12-8-19-13(14(16)20-12)11-3-1-2-6-17-11/h1-8H. The van der Waals surface area contributed by atoms with Gasteiger partial charge in [-0.3, -0.25) is 9.97 Å². The van der Waals surface area contributed by atoms with E-state index in [-0.39, 0.29) is 0 Å². The van der Waals surface area contributed by atoms with Gasteiger partial charge in [0.05, 0.1) is 17.6 Å². The molecule has 0 saturated heterocycles. The van der Waals surface area contributed by atoms with E-state index in [1.54, 1.807) is 18.6 Å². The zero-order valence-electron chi connectivity index (χ0n) is 10.2. The molecule has 0 N–H and O–H groups in total. The molecule has 0 atom stereocenters. The summed E-state index contributed by atoms with van der Waals surface area (Å²) in [7, 11) is 0. The molecule has 0 spiro atoms. The SMILES string of the molecule is Brc1ccc(-c2cnc(-c3ccccn3)c(Br)n2)nc1. The summed E-state index contributed by atoms with van der Waals surface area (Å²) >= 11 is 6.80. The van der Waals surface area contributed by atoms with Crippen LogP contribution in [0, 0.1) is 0 Å². The van der Waals surface area contributed by atoms with Gasteiger partial charge >= 0.3 is 0 Å². The molecule has 3 rings (SSSR count). The lowest BCUT2D eigenvalue weighted by atomic mass is 10.2. The summed E-state index contributed by atoms with van der Waals surface area (Å²) in [5.74, 6) is 0. The molecule has 4 nitrogen and oxygen atoms in total. The average Bonchev–Trinajstić information content (AvgIpc) is 2.49. The predicted octanol–water partition coefficient (Wildman–Crippen LogP) is 4.13. The first-order chi connectivity index (χ1) is 9.74. The van der Waals surface area contributed by atoms with Gasteiger partial charge in [-0.05, 0) is 56.1 Å². The van der Waals surface area contributed by atoms with Crippen molar-refractivity contribution in [3.63, 3.8) is 0 Å². The van der Waals surface area contributed by atoms with Crippen molar-refractivity contribution in [2.75, 3.05) is 0 Å². The Morgan fingerprint density at radius 1 is 0.750 bits per heavy atom. The minimum absolute atomic E-state index is 0.651. The maximum absolute atomic E-state index is 4.49. The van der Waals surface area contributed by atoms with Gasteiger partial charge in [0.1, 0.15) is 16.0 Å². The zero-order chi connectivity index (χ0) is 13.9. The van der Waals surface area contributed by atoms with E-state index >= 15 is 0 Å².